The number of nitrogens with one attached hydrogen (secondary N) is 3. The van der Waals surface area contributed by atoms with Gasteiger partial charge in [0.15, 0.2) is 5.96 Å². The van der Waals surface area contributed by atoms with Crippen LogP contribution in [0.25, 0.3) is 0 Å². The molecule has 3 N–H and O–H groups in total. The zero-order valence-electron chi connectivity index (χ0n) is 17.9. The van der Waals surface area contributed by atoms with Crippen molar-refractivity contribution in [1.82, 2.24) is 15.4 Å². The molecule has 0 heterocycles. The predicted molar refractivity (Wildman–Crippen MR) is 131 cm³/mol. The summed E-state index contributed by atoms with van der Waals surface area (Å²) in [6, 6.07) is 7.05. The highest BCUT2D eigenvalue weighted by Gasteiger charge is 2.24. The van der Waals surface area contributed by atoms with Gasteiger partial charge in [0.25, 0.3) is 0 Å². The van der Waals surface area contributed by atoms with Gasteiger partial charge in [-0.1, -0.05) is 29.8 Å². The lowest BCUT2D eigenvalue weighted by Gasteiger charge is -2.22. The van der Waals surface area contributed by atoms with Gasteiger partial charge in [-0.25, -0.2) is 13.1 Å². The van der Waals surface area contributed by atoms with Gasteiger partial charge in [-0.2, -0.15) is 0 Å². The van der Waals surface area contributed by atoms with Crippen molar-refractivity contribution < 1.29 is 8.42 Å². The molecular formula is C21H35IN4O2S. The molecule has 164 valence electrons. The molecule has 0 atom stereocenters. The van der Waals surface area contributed by atoms with Crippen molar-refractivity contribution in [2.45, 2.75) is 69.9 Å². The number of hydrogen-bond acceptors (Lipinski definition) is 3. The number of rotatable bonds is 7. The van der Waals surface area contributed by atoms with Crippen molar-refractivity contribution in [3.8, 4) is 0 Å². The Labute approximate surface area is 193 Å². The van der Waals surface area contributed by atoms with Crippen molar-refractivity contribution in [2.75, 3.05) is 13.6 Å². The number of guanidine groups is 1. The van der Waals surface area contributed by atoms with E-state index in [1.165, 1.54) is 31.3 Å². The van der Waals surface area contributed by atoms with Gasteiger partial charge in [-0.3, -0.25) is 4.99 Å². The maximum atomic E-state index is 12.7. The highest BCUT2D eigenvalue weighted by molar-refractivity contribution is 14.0. The quantitative estimate of drug-likeness (QED) is 0.214. The second kappa shape index (κ2) is 11.9. The molecule has 0 radical (unpaired) electrons. The molecule has 1 aromatic rings. The number of aliphatic imine (C=N–C) groups is 1. The number of hydrogen-bond donors (Lipinski definition) is 3. The molecule has 6 nitrogen and oxygen atoms in total. The second-order valence-corrected chi connectivity index (χ2v) is 9.82. The Morgan fingerprint density at radius 3 is 2.48 bits per heavy atom. The van der Waals surface area contributed by atoms with E-state index in [1.54, 1.807) is 19.2 Å². The fourth-order valence-corrected chi connectivity index (χ4v) is 4.90. The van der Waals surface area contributed by atoms with Gasteiger partial charge in [0.05, 0.1) is 4.90 Å². The van der Waals surface area contributed by atoms with E-state index in [2.05, 4.69) is 26.4 Å². The van der Waals surface area contributed by atoms with Gasteiger partial charge in [0.1, 0.15) is 0 Å². The molecule has 0 amide bonds. The van der Waals surface area contributed by atoms with Gasteiger partial charge in [-0.15, -0.1) is 24.0 Å². The first-order valence-corrected chi connectivity index (χ1v) is 11.4. The van der Waals surface area contributed by atoms with E-state index >= 15 is 0 Å². The Hall–Kier alpha value is -1.13. The number of halogens is 1. The third-order valence-electron chi connectivity index (χ3n) is 4.50. The standard InChI is InChI=1S/C21H34N4O2S.HI/c1-21(2,3)25-28(26,27)19-13-9-8-12-18(19)16-24-20(22-4)23-15-14-17-10-6-5-7-11-17;/h8-10,12-13,25H,5-7,11,14-16H2,1-4H3,(H2,22,23,24);1H. The molecule has 1 aliphatic rings. The van der Waals surface area contributed by atoms with Crippen LogP contribution in [0.5, 0.6) is 0 Å². The minimum atomic E-state index is -3.59. The van der Waals surface area contributed by atoms with Gasteiger partial charge < -0.3 is 10.6 Å². The molecule has 1 aliphatic carbocycles. The average Bonchev–Trinajstić information content (AvgIpc) is 2.63. The molecule has 0 aliphatic heterocycles. The molecular weight excluding hydrogens is 499 g/mol. The number of benzene rings is 1. The summed E-state index contributed by atoms with van der Waals surface area (Å²) in [4.78, 5) is 4.54. The number of nitrogens with zero attached hydrogens (tertiary/aromatic N) is 1. The highest BCUT2D eigenvalue weighted by Crippen LogP contribution is 2.19. The van der Waals surface area contributed by atoms with Gasteiger partial charge in [0.2, 0.25) is 10.0 Å². The van der Waals surface area contributed by atoms with Crippen LogP contribution in [0.1, 0.15) is 58.4 Å². The molecule has 0 unspecified atom stereocenters. The minimum absolute atomic E-state index is 0. The Kier molecular flexibility index (Phi) is 10.6. The molecule has 0 spiro atoms. The van der Waals surface area contributed by atoms with E-state index in [0.29, 0.717) is 23.0 Å². The summed E-state index contributed by atoms with van der Waals surface area (Å²) in [6.07, 6.45) is 8.33. The maximum Gasteiger partial charge on any atom is 0.241 e. The fourth-order valence-electron chi connectivity index (χ4n) is 3.24. The molecule has 29 heavy (non-hydrogen) atoms. The van der Waals surface area contributed by atoms with Crippen LogP contribution in [0.3, 0.4) is 0 Å². The highest BCUT2D eigenvalue weighted by atomic mass is 127. The van der Waals surface area contributed by atoms with Crippen molar-refractivity contribution in [1.29, 1.82) is 0 Å². The molecule has 0 saturated carbocycles. The van der Waals surface area contributed by atoms with E-state index in [1.807, 2.05) is 32.9 Å². The van der Waals surface area contributed by atoms with E-state index < -0.39 is 15.6 Å². The van der Waals surface area contributed by atoms with Crippen LogP contribution in [0.15, 0.2) is 45.8 Å². The average molecular weight is 535 g/mol. The van der Waals surface area contributed by atoms with E-state index in [0.717, 1.165) is 13.0 Å². The summed E-state index contributed by atoms with van der Waals surface area (Å²) < 4.78 is 28.2. The molecule has 0 bridgehead atoms. The van der Waals surface area contributed by atoms with Crippen LogP contribution in [-0.2, 0) is 16.6 Å². The third-order valence-corrected chi connectivity index (χ3v) is 6.35. The van der Waals surface area contributed by atoms with Gasteiger partial charge in [0, 0.05) is 25.7 Å². The van der Waals surface area contributed by atoms with Crippen LogP contribution < -0.4 is 15.4 Å². The summed E-state index contributed by atoms with van der Waals surface area (Å²) >= 11 is 0. The lowest BCUT2D eigenvalue weighted by molar-refractivity contribution is 0.491. The Bertz CT molecular complexity index is 814. The molecule has 0 saturated heterocycles. The van der Waals surface area contributed by atoms with Crippen LogP contribution in [0.2, 0.25) is 0 Å². The second-order valence-electron chi connectivity index (χ2n) is 8.17. The fraction of sp³-hybridized carbons (Fsp3) is 0.571. The number of allylic oxidation sites excluding steroid dienone is 1. The first-order valence-electron chi connectivity index (χ1n) is 9.95. The Morgan fingerprint density at radius 2 is 1.86 bits per heavy atom. The van der Waals surface area contributed by atoms with Crippen LogP contribution in [-0.4, -0.2) is 33.5 Å². The maximum absolute atomic E-state index is 12.7. The van der Waals surface area contributed by atoms with Crippen molar-refractivity contribution in [3.63, 3.8) is 0 Å². The number of sulfonamides is 1. The monoisotopic (exact) mass is 534 g/mol. The lowest BCUT2D eigenvalue weighted by atomic mass is 9.97. The van der Waals surface area contributed by atoms with E-state index in [-0.39, 0.29) is 24.0 Å². The van der Waals surface area contributed by atoms with Crippen LogP contribution >= 0.6 is 24.0 Å². The summed E-state index contributed by atoms with van der Waals surface area (Å²) in [7, 11) is -1.87. The van der Waals surface area contributed by atoms with Crippen LogP contribution in [0.4, 0.5) is 0 Å². The summed E-state index contributed by atoms with van der Waals surface area (Å²) in [5.41, 5.74) is 1.68. The van der Waals surface area contributed by atoms with Crippen molar-refractivity contribution >= 4 is 40.0 Å². The first kappa shape index (κ1) is 25.9. The van der Waals surface area contributed by atoms with Gasteiger partial charge >= 0.3 is 0 Å². The lowest BCUT2D eigenvalue weighted by Crippen LogP contribution is -2.41. The molecule has 0 aromatic heterocycles. The Balaban J connectivity index is 0.00000420. The molecule has 0 fully saturated rings. The molecule has 2 rings (SSSR count). The topological polar surface area (TPSA) is 82.6 Å². The van der Waals surface area contributed by atoms with E-state index in [4.69, 9.17) is 0 Å². The largest absolute Gasteiger partial charge is 0.356 e. The van der Waals surface area contributed by atoms with E-state index in [9.17, 15) is 8.42 Å². The minimum Gasteiger partial charge on any atom is -0.356 e. The normalized spacial score (nSPS) is 15.3. The SMILES string of the molecule is CN=C(NCCC1=CCCCC1)NCc1ccccc1S(=O)(=O)NC(C)(C)C.I. The first-order chi connectivity index (χ1) is 13.2. The smallest absolute Gasteiger partial charge is 0.241 e. The Morgan fingerprint density at radius 1 is 1.14 bits per heavy atom. The summed E-state index contributed by atoms with van der Waals surface area (Å²) in [5, 5.41) is 6.54. The zero-order chi connectivity index (χ0) is 20.6. The zero-order valence-corrected chi connectivity index (χ0v) is 21.1. The van der Waals surface area contributed by atoms with Crippen molar-refractivity contribution in [2.24, 2.45) is 4.99 Å². The van der Waals surface area contributed by atoms with Crippen LogP contribution in [0, 0.1) is 0 Å². The molecule has 8 heteroatoms. The summed E-state index contributed by atoms with van der Waals surface area (Å²) in [6.45, 7) is 6.69. The molecule has 1 aromatic carbocycles. The third kappa shape index (κ3) is 9.04. The predicted octanol–water partition coefficient (Wildman–Crippen LogP) is 3.94. The van der Waals surface area contributed by atoms with Crippen molar-refractivity contribution in [3.05, 3.63) is 41.5 Å². The summed E-state index contributed by atoms with van der Waals surface area (Å²) in [5.74, 6) is 0.674. The van der Waals surface area contributed by atoms with Gasteiger partial charge in [-0.05, 0) is 64.5 Å².